The van der Waals surface area contributed by atoms with Crippen LogP contribution in [0.15, 0.2) is 29.3 Å². The van der Waals surface area contributed by atoms with Crippen molar-refractivity contribution < 1.29 is 4.79 Å². The van der Waals surface area contributed by atoms with Gasteiger partial charge in [0.05, 0.1) is 0 Å². The monoisotopic (exact) mass is 310 g/mol. The summed E-state index contributed by atoms with van der Waals surface area (Å²) in [5.74, 6) is 0.748. The van der Waals surface area contributed by atoms with Gasteiger partial charge in [-0.25, -0.2) is 0 Å². The summed E-state index contributed by atoms with van der Waals surface area (Å²) < 4.78 is 0. The van der Waals surface area contributed by atoms with E-state index < -0.39 is 0 Å². The van der Waals surface area contributed by atoms with Gasteiger partial charge in [-0.2, -0.15) is 0 Å². The molecule has 0 radical (unpaired) electrons. The molecule has 6 heteroatoms. The zero-order valence-corrected chi connectivity index (χ0v) is 13.5. The van der Waals surface area contributed by atoms with Crippen LogP contribution in [-0.2, 0) is 11.3 Å². The Hall–Kier alpha value is -1.75. The maximum absolute atomic E-state index is 11.4. The molecule has 1 rings (SSSR count). The first-order valence-corrected chi connectivity index (χ1v) is 7.37. The molecule has 116 valence electrons. The van der Waals surface area contributed by atoms with Gasteiger partial charge in [0.25, 0.3) is 0 Å². The number of hydrogen-bond acceptors (Lipinski definition) is 2. The van der Waals surface area contributed by atoms with Crippen LogP contribution >= 0.6 is 11.6 Å². The fourth-order valence-electron chi connectivity index (χ4n) is 1.62. The summed E-state index contributed by atoms with van der Waals surface area (Å²) in [6, 6.07) is 7.66. The van der Waals surface area contributed by atoms with E-state index in [4.69, 9.17) is 11.6 Å². The normalized spacial score (nSPS) is 11.4. The van der Waals surface area contributed by atoms with Crippen LogP contribution in [0.3, 0.4) is 0 Å². The standard InChI is InChI=1S/C15H23ClN4O/c1-11(2)14(21)18-7-8-19-15(17-3)20-10-12-5-4-6-13(16)9-12/h4-6,9,11H,7-8,10H2,1-3H3,(H,18,21)(H2,17,19,20). The van der Waals surface area contributed by atoms with Crippen LogP contribution in [0.4, 0.5) is 0 Å². The van der Waals surface area contributed by atoms with Gasteiger partial charge in [-0.3, -0.25) is 9.79 Å². The first kappa shape index (κ1) is 17.3. The molecule has 21 heavy (non-hydrogen) atoms. The lowest BCUT2D eigenvalue weighted by Crippen LogP contribution is -2.41. The predicted molar refractivity (Wildman–Crippen MR) is 87.5 cm³/mol. The highest BCUT2D eigenvalue weighted by Gasteiger charge is 2.05. The molecule has 0 saturated carbocycles. The van der Waals surface area contributed by atoms with E-state index in [1.165, 1.54) is 0 Å². The molecule has 0 bridgehead atoms. The topological polar surface area (TPSA) is 65.5 Å². The molecular formula is C15H23ClN4O. The van der Waals surface area contributed by atoms with Crippen LogP contribution in [-0.4, -0.2) is 32.0 Å². The largest absolute Gasteiger partial charge is 0.355 e. The third-order valence-electron chi connectivity index (χ3n) is 2.81. The van der Waals surface area contributed by atoms with Gasteiger partial charge in [0.2, 0.25) is 5.91 Å². The molecule has 0 aliphatic carbocycles. The summed E-state index contributed by atoms with van der Waals surface area (Å²) in [4.78, 5) is 15.5. The highest BCUT2D eigenvalue weighted by atomic mass is 35.5. The lowest BCUT2D eigenvalue weighted by Gasteiger charge is -2.13. The molecule has 0 aliphatic rings. The van der Waals surface area contributed by atoms with Crippen molar-refractivity contribution in [1.82, 2.24) is 16.0 Å². The minimum absolute atomic E-state index is 0.00488. The number of guanidine groups is 1. The maximum Gasteiger partial charge on any atom is 0.222 e. The van der Waals surface area contributed by atoms with Crippen molar-refractivity contribution in [3.8, 4) is 0 Å². The van der Waals surface area contributed by atoms with Gasteiger partial charge >= 0.3 is 0 Å². The highest BCUT2D eigenvalue weighted by Crippen LogP contribution is 2.09. The summed E-state index contributed by atoms with van der Waals surface area (Å²) in [6.07, 6.45) is 0. The average Bonchev–Trinajstić information content (AvgIpc) is 2.46. The molecule has 0 fully saturated rings. The number of nitrogens with one attached hydrogen (secondary N) is 3. The fraction of sp³-hybridized carbons (Fsp3) is 0.467. The molecule has 1 amide bonds. The van der Waals surface area contributed by atoms with Gasteiger partial charge in [-0.15, -0.1) is 0 Å². The van der Waals surface area contributed by atoms with Crippen molar-refractivity contribution in [1.29, 1.82) is 0 Å². The third-order valence-corrected chi connectivity index (χ3v) is 3.05. The van der Waals surface area contributed by atoms with Crippen LogP contribution < -0.4 is 16.0 Å². The van der Waals surface area contributed by atoms with Gasteiger partial charge < -0.3 is 16.0 Å². The Bertz CT molecular complexity index is 488. The lowest BCUT2D eigenvalue weighted by atomic mass is 10.2. The number of carbonyl (C=O) groups excluding carboxylic acids is 1. The first-order chi connectivity index (χ1) is 10.0. The number of aliphatic imine (C=N–C) groups is 1. The van der Waals surface area contributed by atoms with Crippen molar-refractivity contribution in [3.05, 3.63) is 34.9 Å². The van der Waals surface area contributed by atoms with E-state index in [0.29, 0.717) is 30.6 Å². The molecule has 0 aliphatic heterocycles. The second-order valence-corrected chi connectivity index (χ2v) is 5.36. The number of rotatable bonds is 6. The number of benzene rings is 1. The van der Waals surface area contributed by atoms with Gasteiger partial charge in [-0.05, 0) is 17.7 Å². The molecule has 0 spiro atoms. The van der Waals surface area contributed by atoms with Crippen molar-refractivity contribution in [2.75, 3.05) is 20.1 Å². The Morgan fingerprint density at radius 2 is 1.95 bits per heavy atom. The van der Waals surface area contributed by atoms with E-state index in [-0.39, 0.29) is 11.8 Å². The summed E-state index contributed by atoms with van der Waals surface area (Å²) in [5.41, 5.74) is 1.08. The van der Waals surface area contributed by atoms with Gasteiger partial charge in [-0.1, -0.05) is 37.6 Å². The molecule has 5 nitrogen and oxygen atoms in total. The van der Waals surface area contributed by atoms with Crippen LogP contribution in [0.1, 0.15) is 19.4 Å². The molecule has 1 aromatic carbocycles. The van der Waals surface area contributed by atoms with Crippen LogP contribution in [0.2, 0.25) is 5.02 Å². The number of halogens is 1. The van der Waals surface area contributed by atoms with Crippen LogP contribution in [0.5, 0.6) is 0 Å². The Kier molecular flexibility index (Phi) is 7.61. The minimum Gasteiger partial charge on any atom is -0.355 e. The summed E-state index contributed by atoms with van der Waals surface area (Å²) in [5, 5.41) is 9.89. The summed E-state index contributed by atoms with van der Waals surface area (Å²) in [7, 11) is 1.71. The van der Waals surface area contributed by atoms with E-state index in [9.17, 15) is 4.79 Å². The zero-order chi connectivity index (χ0) is 15.7. The van der Waals surface area contributed by atoms with Crippen molar-refractivity contribution >= 4 is 23.5 Å². The zero-order valence-electron chi connectivity index (χ0n) is 12.7. The number of amides is 1. The second kappa shape index (κ2) is 9.23. The quantitative estimate of drug-likeness (QED) is 0.426. The van der Waals surface area contributed by atoms with Gasteiger partial charge in [0, 0.05) is 37.6 Å². The Balaban J connectivity index is 2.28. The highest BCUT2D eigenvalue weighted by molar-refractivity contribution is 6.30. The second-order valence-electron chi connectivity index (χ2n) is 4.93. The Morgan fingerprint density at radius 1 is 1.24 bits per heavy atom. The molecule has 0 unspecified atom stereocenters. The average molecular weight is 311 g/mol. The summed E-state index contributed by atoms with van der Waals surface area (Å²) >= 11 is 5.94. The third kappa shape index (κ3) is 6.99. The van der Waals surface area contributed by atoms with Crippen LogP contribution in [0, 0.1) is 5.92 Å². The van der Waals surface area contributed by atoms with E-state index in [1.54, 1.807) is 7.05 Å². The Morgan fingerprint density at radius 3 is 2.57 bits per heavy atom. The summed E-state index contributed by atoms with van der Waals surface area (Å²) in [6.45, 7) is 5.56. The fourth-order valence-corrected chi connectivity index (χ4v) is 1.84. The first-order valence-electron chi connectivity index (χ1n) is 6.99. The van der Waals surface area contributed by atoms with E-state index >= 15 is 0 Å². The predicted octanol–water partition coefficient (Wildman–Crippen LogP) is 1.78. The molecule has 0 aromatic heterocycles. The van der Waals surface area contributed by atoms with E-state index in [0.717, 1.165) is 5.56 Å². The van der Waals surface area contributed by atoms with Crippen molar-refractivity contribution in [2.24, 2.45) is 10.9 Å². The van der Waals surface area contributed by atoms with Crippen molar-refractivity contribution in [3.63, 3.8) is 0 Å². The van der Waals surface area contributed by atoms with E-state index in [2.05, 4.69) is 20.9 Å². The maximum atomic E-state index is 11.4. The number of carbonyl (C=O) groups is 1. The van der Waals surface area contributed by atoms with Gasteiger partial charge in [0.15, 0.2) is 5.96 Å². The Labute approximate surface area is 131 Å². The molecule has 0 saturated heterocycles. The van der Waals surface area contributed by atoms with Crippen molar-refractivity contribution in [2.45, 2.75) is 20.4 Å². The van der Waals surface area contributed by atoms with E-state index in [1.807, 2.05) is 38.1 Å². The molecular weight excluding hydrogens is 288 g/mol. The van der Waals surface area contributed by atoms with Gasteiger partial charge in [0.1, 0.15) is 0 Å². The molecule has 0 atom stereocenters. The molecule has 3 N–H and O–H groups in total. The van der Waals surface area contributed by atoms with Crippen LogP contribution in [0.25, 0.3) is 0 Å². The SMILES string of the molecule is CN=C(NCCNC(=O)C(C)C)NCc1cccc(Cl)c1. The lowest BCUT2D eigenvalue weighted by molar-refractivity contribution is -0.123. The number of nitrogens with zero attached hydrogens (tertiary/aromatic N) is 1. The number of hydrogen-bond donors (Lipinski definition) is 3. The minimum atomic E-state index is 0.00488. The molecule has 0 heterocycles. The molecule has 1 aromatic rings. The smallest absolute Gasteiger partial charge is 0.222 e.